The summed E-state index contributed by atoms with van der Waals surface area (Å²) in [5.74, 6) is -0.121. The molecule has 2 aromatic carbocycles. The molecule has 0 bridgehead atoms. The van der Waals surface area contributed by atoms with E-state index in [4.69, 9.17) is 0 Å². The Bertz CT molecular complexity index is 947. The Morgan fingerprint density at radius 3 is 2.18 bits per heavy atom. The summed E-state index contributed by atoms with van der Waals surface area (Å²) in [4.78, 5) is 42.7. The minimum Gasteiger partial charge on any atom is -0.343 e. The van der Waals surface area contributed by atoms with Crippen LogP contribution in [-0.4, -0.2) is 59.7 Å². The maximum absolute atomic E-state index is 13.3. The van der Waals surface area contributed by atoms with E-state index in [-0.39, 0.29) is 23.6 Å². The van der Waals surface area contributed by atoms with E-state index in [2.05, 4.69) is 5.32 Å². The predicted molar refractivity (Wildman–Crippen MR) is 134 cm³/mol. The van der Waals surface area contributed by atoms with Gasteiger partial charge in [0.2, 0.25) is 11.8 Å². The molecule has 1 atom stereocenters. The van der Waals surface area contributed by atoms with Gasteiger partial charge in [-0.1, -0.05) is 48.0 Å². The van der Waals surface area contributed by atoms with E-state index in [9.17, 15) is 14.4 Å². The van der Waals surface area contributed by atoms with Crippen LogP contribution in [0.2, 0.25) is 0 Å². The van der Waals surface area contributed by atoms with Crippen molar-refractivity contribution in [1.82, 2.24) is 15.1 Å². The molecule has 1 N–H and O–H groups in total. The molecular formula is C28H37N3O3. The average molecular weight is 464 g/mol. The molecule has 2 aromatic rings. The number of carbonyl (C=O) groups is 3. The number of carbonyl (C=O) groups excluding carboxylic acids is 3. The van der Waals surface area contributed by atoms with Gasteiger partial charge < -0.3 is 15.1 Å². The van der Waals surface area contributed by atoms with Crippen LogP contribution in [0, 0.1) is 12.8 Å². The molecule has 0 saturated carbocycles. The van der Waals surface area contributed by atoms with E-state index in [1.807, 2.05) is 68.1 Å². The highest BCUT2D eigenvalue weighted by Crippen LogP contribution is 2.23. The lowest BCUT2D eigenvalue weighted by Gasteiger charge is -2.37. The Labute approximate surface area is 203 Å². The fourth-order valence-corrected chi connectivity index (χ4v) is 4.58. The van der Waals surface area contributed by atoms with Gasteiger partial charge in [0.25, 0.3) is 5.91 Å². The molecule has 6 nitrogen and oxygen atoms in total. The molecule has 1 fully saturated rings. The van der Waals surface area contributed by atoms with Gasteiger partial charge in [-0.2, -0.15) is 0 Å². The van der Waals surface area contributed by atoms with E-state index >= 15 is 0 Å². The van der Waals surface area contributed by atoms with Crippen molar-refractivity contribution in [2.75, 3.05) is 26.2 Å². The summed E-state index contributed by atoms with van der Waals surface area (Å²) in [6.45, 7) is 8.30. The number of nitrogens with one attached hydrogen (secondary N) is 1. The summed E-state index contributed by atoms with van der Waals surface area (Å²) in [5, 5.41) is 3.03. The molecule has 0 spiro atoms. The fraction of sp³-hybridized carbons (Fsp3) is 0.464. The Morgan fingerprint density at radius 1 is 0.971 bits per heavy atom. The molecule has 1 heterocycles. The van der Waals surface area contributed by atoms with Crippen LogP contribution in [0.15, 0.2) is 54.6 Å². The molecule has 3 amide bonds. The summed E-state index contributed by atoms with van der Waals surface area (Å²) in [5.41, 5.74) is 2.79. The predicted octanol–water partition coefficient (Wildman–Crippen LogP) is 3.83. The highest BCUT2D eigenvalue weighted by Gasteiger charge is 2.35. The van der Waals surface area contributed by atoms with Gasteiger partial charge in [-0.25, -0.2) is 0 Å². The van der Waals surface area contributed by atoms with Crippen LogP contribution in [0.1, 0.15) is 54.6 Å². The quantitative estimate of drug-likeness (QED) is 0.614. The number of nitrogens with zero attached hydrogens (tertiary/aromatic N) is 2. The second-order valence-electron chi connectivity index (χ2n) is 9.03. The monoisotopic (exact) mass is 463 g/mol. The first-order valence-electron chi connectivity index (χ1n) is 12.4. The summed E-state index contributed by atoms with van der Waals surface area (Å²) in [6.07, 6.45) is 2.61. The Morgan fingerprint density at radius 2 is 1.59 bits per heavy atom. The van der Waals surface area contributed by atoms with Gasteiger partial charge >= 0.3 is 0 Å². The third kappa shape index (κ3) is 6.69. The molecule has 1 saturated heterocycles. The lowest BCUT2D eigenvalue weighted by atomic mass is 9.88. The second-order valence-corrected chi connectivity index (χ2v) is 9.03. The Kier molecular flexibility index (Phi) is 9.25. The summed E-state index contributed by atoms with van der Waals surface area (Å²) < 4.78 is 0. The number of aryl methyl sites for hydroxylation is 2. The van der Waals surface area contributed by atoms with Gasteiger partial charge in [-0.05, 0) is 63.6 Å². The lowest BCUT2D eigenvalue weighted by molar-refractivity contribution is -0.136. The zero-order chi connectivity index (χ0) is 24.5. The average Bonchev–Trinajstić information content (AvgIpc) is 2.87. The number of likely N-dealkylation sites (N-methyl/N-ethyl adjacent to an activating group) is 1. The highest BCUT2D eigenvalue weighted by molar-refractivity contribution is 5.97. The van der Waals surface area contributed by atoms with Crippen LogP contribution in [0.5, 0.6) is 0 Å². The summed E-state index contributed by atoms with van der Waals surface area (Å²) in [6, 6.07) is 16.8. The molecule has 0 aromatic heterocycles. The first kappa shape index (κ1) is 25.5. The number of piperidine rings is 1. The van der Waals surface area contributed by atoms with Crippen molar-refractivity contribution in [2.45, 2.75) is 52.5 Å². The van der Waals surface area contributed by atoms with Gasteiger partial charge in [0, 0.05) is 38.2 Å². The highest BCUT2D eigenvalue weighted by atomic mass is 16.2. The van der Waals surface area contributed by atoms with Crippen LogP contribution in [-0.2, 0) is 16.0 Å². The molecule has 34 heavy (non-hydrogen) atoms. The first-order valence-corrected chi connectivity index (χ1v) is 12.4. The minimum atomic E-state index is -0.588. The molecule has 0 unspecified atom stereocenters. The van der Waals surface area contributed by atoms with Crippen LogP contribution >= 0.6 is 0 Å². The zero-order valence-corrected chi connectivity index (χ0v) is 20.6. The first-order chi connectivity index (χ1) is 16.4. The van der Waals surface area contributed by atoms with Crippen molar-refractivity contribution in [3.05, 3.63) is 71.3 Å². The number of likely N-dealkylation sites (tertiary alicyclic amines) is 1. The largest absolute Gasteiger partial charge is 0.343 e. The van der Waals surface area contributed by atoms with E-state index in [1.54, 1.807) is 17.0 Å². The van der Waals surface area contributed by atoms with Crippen LogP contribution < -0.4 is 5.32 Å². The Balaban J connectivity index is 1.63. The van der Waals surface area contributed by atoms with E-state index < -0.39 is 6.04 Å². The third-order valence-corrected chi connectivity index (χ3v) is 6.78. The number of hydrogen-bond acceptors (Lipinski definition) is 3. The van der Waals surface area contributed by atoms with Gasteiger partial charge in [-0.3, -0.25) is 14.4 Å². The van der Waals surface area contributed by atoms with E-state index in [0.717, 1.165) is 17.5 Å². The van der Waals surface area contributed by atoms with Crippen LogP contribution in [0.4, 0.5) is 0 Å². The SMILES string of the molecule is CCN(CC)C(=O)[C@@H](NC(=O)c1ccc(C)cc1)C1CCN(C(=O)CCc2ccccc2)CC1. The number of rotatable bonds is 9. The van der Waals surface area contributed by atoms with Crippen molar-refractivity contribution in [2.24, 2.45) is 5.92 Å². The van der Waals surface area contributed by atoms with Gasteiger partial charge in [0.1, 0.15) is 6.04 Å². The Hall–Kier alpha value is -3.15. The maximum atomic E-state index is 13.3. The van der Waals surface area contributed by atoms with Crippen molar-refractivity contribution in [1.29, 1.82) is 0 Å². The molecule has 0 aliphatic carbocycles. The second kappa shape index (κ2) is 12.4. The number of benzene rings is 2. The van der Waals surface area contributed by atoms with Crippen molar-refractivity contribution >= 4 is 17.7 Å². The van der Waals surface area contributed by atoms with E-state index in [0.29, 0.717) is 51.0 Å². The maximum Gasteiger partial charge on any atom is 0.251 e. The summed E-state index contributed by atoms with van der Waals surface area (Å²) >= 11 is 0. The molecule has 182 valence electrons. The molecule has 0 radical (unpaired) electrons. The molecular weight excluding hydrogens is 426 g/mol. The molecule has 6 heteroatoms. The lowest BCUT2D eigenvalue weighted by Crippen LogP contribution is -2.54. The van der Waals surface area contributed by atoms with E-state index in [1.165, 1.54) is 0 Å². The van der Waals surface area contributed by atoms with Crippen LogP contribution in [0.3, 0.4) is 0 Å². The molecule has 1 aliphatic rings. The van der Waals surface area contributed by atoms with Gasteiger partial charge in [0.05, 0.1) is 0 Å². The fourth-order valence-electron chi connectivity index (χ4n) is 4.58. The van der Waals surface area contributed by atoms with Crippen LogP contribution in [0.25, 0.3) is 0 Å². The van der Waals surface area contributed by atoms with Crippen molar-refractivity contribution in [3.63, 3.8) is 0 Å². The minimum absolute atomic E-state index is 0.000622. The third-order valence-electron chi connectivity index (χ3n) is 6.78. The normalized spacial score (nSPS) is 15.0. The topological polar surface area (TPSA) is 69.7 Å². The summed E-state index contributed by atoms with van der Waals surface area (Å²) in [7, 11) is 0. The standard InChI is InChI=1S/C28H37N3O3/c1-4-30(5-2)28(34)26(29-27(33)24-14-11-21(3)12-15-24)23-17-19-31(20-18-23)25(32)16-13-22-9-7-6-8-10-22/h6-12,14-15,23,26H,4-5,13,16-20H2,1-3H3,(H,29,33)/t26-/m0/s1. The number of hydrogen-bond donors (Lipinski definition) is 1. The zero-order valence-electron chi connectivity index (χ0n) is 20.6. The smallest absolute Gasteiger partial charge is 0.251 e. The van der Waals surface area contributed by atoms with Crippen molar-refractivity contribution < 1.29 is 14.4 Å². The number of amides is 3. The molecule has 3 rings (SSSR count). The van der Waals surface area contributed by atoms with Crippen molar-refractivity contribution in [3.8, 4) is 0 Å². The van der Waals surface area contributed by atoms with Gasteiger partial charge in [-0.15, -0.1) is 0 Å². The molecule has 1 aliphatic heterocycles. The van der Waals surface area contributed by atoms with Gasteiger partial charge in [0.15, 0.2) is 0 Å².